The van der Waals surface area contributed by atoms with Crippen molar-refractivity contribution in [2.75, 3.05) is 0 Å². The quantitative estimate of drug-likeness (QED) is 0.649. The number of ketones is 1. The Bertz CT molecular complexity index is 829. The lowest BCUT2D eigenvalue weighted by molar-refractivity contribution is 0.103. The fourth-order valence-corrected chi connectivity index (χ4v) is 2.67. The Morgan fingerprint density at radius 2 is 1.95 bits per heavy atom. The number of fused-ring (bicyclic) bond motifs is 1. The highest BCUT2D eigenvalue weighted by molar-refractivity contribution is 9.10. The fourth-order valence-electron chi connectivity index (χ4n) is 1.98. The third kappa shape index (κ3) is 2.29. The Morgan fingerprint density at radius 1 is 1.15 bits per heavy atom. The van der Waals surface area contributed by atoms with E-state index in [1.54, 1.807) is 24.5 Å². The zero-order valence-corrected chi connectivity index (χ0v) is 13.1. The number of nitrogens with zero attached hydrogens (tertiary/aromatic N) is 1. The highest BCUT2D eigenvalue weighted by Gasteiger charge is 2.18. The summed E-state index contributed by atoms with van der Waals surface area (Å²) in [5.41, 5.74) is 1.01. The first-order chi connectivity index (χ1) is 9.56. The summed E-state index contributed by atoms with van der Waals surface area (Å²) in [6.45, 7) is 0. The molecule has 3 aromatic rings. The number of carbonyl (C=O) groups is 1. The molecule has 0 radical (unpaired) electrons. The topological polar surface area (TPSA) is 45.8 Å². The van der Waals surface area contributed by atoms with Crippen LogP contribution in [0.4, 0.5) is 4.39 Å². The number of aromatic nitrogens is 2. The maximum Gasteiger partial charge on any atom is 0.198 e. The van der Waals surface area contributed by atoms with Gasteiger partial charge in [0.2, 0.25) is 0 Å². The summed E-state index contributed by atoms with van der Waals surface area (Å²) >= 11 is 6.56. The van der Waals surface area contributed by atoms with Gasteiger partial charge in [0.1, 0.15) is 11.5 Å². The Balaban J connectivity index is 2.17. The van der Waals surface area contributed by atoms with Gasteiger partial charge in [-0.1, -0.05) is 15.9 Å². The third-order valence-electron chi connectivity index (χ3n) is 2.92. The first-order valence-corrected chi connectivity index (χ1v) is 7.27. The first-order valence-electron chi connectivity index (χ1n) is 5.68. The molecule has 0 aliphatic carbocycles. The second-order valence-electron chi connectivity index (χ2n) is 4.21. The molecule has 1 N–H and O–H groups in total. The summed E-state index contributed by atoms with van der Waals surface area (Å²) in [6, 6.07) is 6.07. The molecule has 0 amide bonds. The van der Waals surface area contributed by atoms with E-state index in [1.165, 1.54) is 12.1 Å². The van der Waals surface area contributed by atoms with Crippen LogP contribution in [0.5, 0.6) is 0 Å². The van der Waals surface area contributed by atoms with Crippen molar-refractivity contribution in [2.24, 2.45) is 0 Å². The molecular formula is C14H7Br2FN2O. The maximum absolute atomic E-state index is 13.8. The van der Waals surface area contributed by atoms with E-state index in [2.05, 4.69) is 41.8 Å². The van der Waals surface area contributed by atoms with Crippen LogP contribution in [0.25, 0.3) is 11.0 Å². The van der Waals surface area contributed by atoms with Crippen molar-refractivity contribution >= 4 is 48.7 Å². The molecule has 0 atom stereocenters. The van der Waals surface area contributed by atoms with Crippen molar-refractivity contribution in [3.8, 4) is 0 Å². The molecule has 0 bridgehead atoms. The van der Waals surface area contributed by atoms with Crippen molar-refractivity contribution in [3.05, 3.63) is 62.5 Å². The zero-order valence-electron chi connectivity index (χ0n) is 9.95. The van der Waals surface area contributed by atoms with Gasteiger partial charge in [0, 0.05) is 32.3 Å². The van der Waals surface area contributed by atoms with Gasteiger partial charge in [-0.15, -0.1) is 0 Å². The van der Waals surface area contributed by atoms with Crippen LogP contribution >= 0.6 is 31.9 Å². The molecule has 20 heavy (non-hydrogen) atoms. The molecule has 6 heteroatoms. The minimum absolute atomic E-state index is 0.0280. The molecule has 0 fully saturated rings. The predicted octanol–water partition coefficient (Wildman–Crippen LogP) is 4.46. The lowest BCUT2D eigenvalue weighted by Crippen LogP contribution is -2.03. The van der Waals surface area contributed by atoms with Gasteiger partial charge in [0.05, 0.1) is 5.56 Å². The van der Waals surface area contributed by atoms with E-state index >= 15 is 0 Å². The summed E-state index contributed by atoms with van der Waals surface area (Å²) in [7, 11) is 0. The second-order valence-corrected chi connectivity index (χ2v) is 6.04. The van der Waals surface area contributed by atoms with Gasteiger partial charge in [-0.05, 0) is 40.2 Å². The number of pyridine rings is 1. The van der Waals surface area contributed by atoms with E-state index in [0.717, 1.165) is 4.47 Å². The average Bonchev–Trinajstić information content (AvgIpc) is 2.83. The fraction of sp³-hybridized carbons (Fsp3) is 0. The number of hydrogen-bond donors (Lipinski definition) is 1. The average molecular weight is 398 g/mol. The van der Waals surface area contributed by atoms with Crippen molar-refractivity contribution in [1.82, 2.24) is 9.97 Å². The van der Waals surface area contributed by atoms with Gasteiger partial charge < -0.3 is 4.98 Å². The Hall–Kier alpha value is -1.53. The summed E-state index contributed by atoms with van der Waals surface area (Å²) < 4.78 is 15.2. The largest absolute Gasteiger partial charge is 0.345 e. The first kappa shape index (κ1) is 13.5. The van der Waals surface area contributed by atoms with Gasteiger partial charge in [0.15, 0.2) is 5.78 Å². The molecule has 0 unspecified atom stereocenters. The van der Waals surface area contributed by atoms with E-state index in [9.17, 15) is 9.18 Å². The van der Waals surface area contributed by atoms with Gasteiger partial charge in [0.25, 0.3) is 0 Å². The van der Waals surface area contributed by atoms with Crippen LogP contribution in [-0.4, -0.2) is 15.8 Å². The number of H-pyrrole nitrogens is 1. The monoisotopic (exact) mass is 396 g/mol. The normalized spacial score (nSPS) is 10.9. The van der Waals surface area contributed by atoms with E-state index in [4.69, 9.17) is 0 Å². The van der Waals surface area contributed by atoms with Crippen LogP contribution in [0.3, 0.4) is 0 Å². The Morgan fingerprint density at radius 3 is 2.75 bits per heavy atom. The Labute approximate surface area is 130 Å². The summed E-state index contributed by atoms with van der Waals surface area (Å²) in [5, 5.41) is 0.656. The number of halogens is 3. The molecule has 0 aliphatic heterocycles. The van der Waals surface area contributed by atoms with Crippen molar-refractivity contribution < 1.29 is 9.18 Å². The molecule has 2 aromatic heterocycles. The summed E-state index contributed by atoms with van der Waals surface area (Å²) in [4.78, 5) is 19.6. The van der Waals surface area contributed by atoms with Crippen molar-refractivity contribution in [2.45, 2.75) is 0 Å². The number of aromatic amines is 1. The highest BCUT2D eigenvalue weighted by atomic mass is 79.9. The molecule has 100 valence electrons. The number of nitrogens with one attached hydrogen (secondary N) is 1. The van der Waals surface area contributed by atoms with Crippen LogP contribution in [0.15, 0.2) is 45.6 Å². The third-order valence-corrected chi connectivity index (χ3v) is 3.84. The smallest absolute Gasteiger partial charge is 0.198 e. The molecule has 2 heterocycles. The highest BCUT2D eigenvalue weighted by Crippen LogP contribution is 2.25. The van der Waals surface area contributed by atoms with Gasteiger partial charge >= 0.3 is 0 Å². The second kappa shape index (κ2) is 5.10. The molecule has 3 rings (SSSR count). The van der Waals surface area contributed by atoms with Crippen molar-refractivity contribution in [3.63, 3.8) is 0 Å². The van der Waals surface area contributed by atoms with E-state index < -0.39 is 5.82 Å². The lowest BCUT2D eigenvalue weighted by atomic mass is 10.0. The molecular weight excluding hydrogens is 391 g/mol. The minimum Gasteiger partial charge on any atom is -0.345 e. The SMILES string of the molecule is O=C(c1cc(Br)ccc1F)c1c[nH]c2ncc(Br)cc12. The van der Waals surface area contributed by atoms with Gasteiger partial charge in [-0.2, -0.15) is 0 Å². The molecule has 3 nitrogen and oxygen atoms in total. The Kier molecular flexibility index (Phi) is 3.43. The standard InChI is InChI=1S/C14H7Br2FN2O/c15-7-1-2-12(17)10(3-7)13(20)11-6-19-14-9(11)4-8(16)5-18-14/h1-6H,(H,18,19). The minimum atomic E-state index is -0.546. The van der Waals surface area contributed by atoms with E-state index in [1.807, 2.05) is 0 Å². The number of rotatable bonds is 2. The molecule has 0 saturated carbocycles. The number of hydrogen-bond acceptors (Lipinski definition) is 2. The lowest BCUT2D eigenvalue weighted by Gasteiger charge is -2.02. The predicted molar refractivity (Wildman–Crippen MR) is 81.3 cm³/mol. The van der Waals surface area contributed by atoms with Crippen LogP contribution in [-0.2, 0) is 0 Å². The van der Waals surface area contributed by atoms with E-state index in [-0.39, 0.29) is 11.3 Å². The molecule has 0 saturated heterocycles. The van der Waals surface area contributed by atoms with Crippen LogP contribution < -0.4 is 0 Å². The number of benzene rings is 1. The van der Waals surface area contributed by atoms with Crippen molar-refractivity contribution in [1.29, 1.82) is 0 Å². The molecule has 0 spiro atoms. The van der Waals surface area contributed by atoms with Crippen LogP contribution in [0.2, 0.25) is 0 Å². The van der Waals surface area contributed by atoms with E-state index in [0.29, 0.717) is 21.1 Å². The molecule has 1 aromatic carbocycles. The summed E-state index contributed by atoms with van der Waals surface area (Å²) in [6.07, 6.45) is 3.18. The maximum atomic E-state index is 13.8. The van der Waals surface area contributed by atoms with Gasteiger partial charge in [-0.25, -0.2) is 9.37 Å². The number of carbonyl (C=O) groups excluding carboxylic acids is 1. The van der Waals surface area contributed by atoms with Crippen LogP contribution in [0, 0.1) is 5.82 Å². The van der Waals surface area contributed by atoms with Gasteiger partial charge in [-0.3, -0.25) is 4.79 Å². The molecule has 0 aliphatic rings. The van der Waals surface area contributed by atoms with Crippen LogP contribution in [0.1, 0.15) is 15.9 Å². The summed E-state index contributed by atoms with van der Waals surface area (Å²) in [5.74, 6) is -0.926. The zero-order chi connectivity index (χ0) is 14.3.